The molecule has 4 nitrogen and oxygen atoms in total. The molecular weight excluding hydrogens is 324 g/mol. The van der Waals surface area contributed by atoms with E-state index in [1.165, 1.54) is 30.4 Å². The van der Waals surface area contributed by atoms with E-state index in [0.717, 1.165) is 51.3 Å². The number of fused-ring (bicyclic) bond motifs is 2. The van der Waals surface area contributed by atoms with Crippen LogP contribution in [-0.4, -0.2) is 32.1 Å². The summed E-state index contributed by atoms with van der Waals surface area (Å²) in [6, 6.07) is 6.42. The maximum atomic E-state index is 12.8. The third kappa shape index (κ3) is 3.14. The van der Waals surface area contributed by atoms with Crippen molar-refractivity contribution in [2.45, 2.75) is 38.5 Å². The Hall–Kier alpha value is -1.26. The van der Waals surface area contributed by atoms with Crippen molar-refractivity contribution in [2.75, 3.05) is 26.2 Å². The van der Waals surface area contributed by atoms with E-state index in [1.807, 2.05) is 0 Å². The van der Waals surface area contributed by atoms with E-state index in [1.54, 1.807) is 0 Å². The minimum Gasteiger partial charge on any atom is -0.493 e. The summed E-state index contributed by atoms with van der Waals surface area (Å²) in [7, 11) is 0. The first kappa shape index (κ1) is 17.6. The highest BCUT2D eigenvalue weighted by Gasteiger charge is 2.49. The Morgan fingerprint density at radius 1 is 1.38 bits per heavy atom. The third-order valence-electron chi connectivity index (χ3n) is 5.94. The lowest BCUT2D eigenvalue weighted by Gasteiger charge is -2.37. The topological polar surface area (TPSA) is 50.4 Å². The Morgan fingerprint density at radius 3 is 3.21 bits per heavy atom. The van der Waals surface area contributed by atoms with Crippen LogP contribution in [0.1, 0.15) is 36.8 Å². The van der Waals surface area contributed by atoms with Crippen LogP contribution >= 0.6 is 12.4 Å². The first-order chi connectivity index (χ1) is 11.3. The van der Waals surface area contributed by atoms with Gasteiger partial charge in [-0.15, -0.1) is 12.4 Å². The van der Waals surface area contributed by atoms with Gasteiger partial charge in [-0.3, -0.25) is 4.79 Å². The summed E-state index contributed by atoms with van der Waals surface area (Å²) >= 11 is 0. The second-order valence-electron chi connectivity index (χ2n) is 7.28. The number of carbonyl (C=O) groups is 1. The maximum absolute atomic E-state index is 12.8. The number of ether oxygens (including phenoxy) is 1. The molecule has 132 valence electrons. The molecule has 0 radical (unpaired) electrons. The van der Waals surface area contributed by atoms with Crippen molar-refractivity contribution in [1.82, 2.24) is 10.6 Å². The summed E-state index contributed by atoms with van der Waals surface area (Å²) in [4.78, 5) is 12.8. The van der Waals surface area contributed by atoms with Gasteiger partial charge in [0.15, 0.2) is 0 Å². The highest BCUT2D eigenvalue weighted by molar-refractivity contribution is 5.85. The van der Waals surface area contributed by atoms with Crippen molar-refractivity contribution < 1.29 is 9.53 Å². The smallest absolute Gasteiger partial charge is 0.227 e. The monoisotopic (exact) mass is 350 g/mol. The highest BCUT2D eigenvalue weighted by atomic mass is 35.5. The van der Waals surface area contributed by atoms with Crippen LogP contribution in [0.4, 0.5) is 0 Å². The molecule has 1 aromatic rings. The van der Waals surface area contributed by atoms with E-state index in [4.69, 9.17) is 4.74 Å². The molecule has 2 heterocycles. The number of halogens is 1. The van der Waals surface area contributed by atoms with Crippen LogP contribution in [0.5, 0.6) is 5.75 Å². The lowest BCUT2D eigenvalue weighted by molar-refractivity contribution is -0.133. The fourth-order valence-corrected chi connectivity index (χ4v) is 4.58. The van der Waals surface area contributed by atoms with Crippen molar-refractivity contribution in [2.24, 2.45) is 11.3 Å². The zero-order valence-electron chi connectivity index (χ0n) is 14.1. The predicted octanol–water partition coefficient (Wildman–Crippen LogP) is 2.48. The first-order valence-electron chi connectivity index (χ1n) is 9.02. The van der Waals surface area contributed by atoms with Gasteiger partial charge in [-0.1, -0.05) is 25.0 Å². The van der Waals surface area contributed by atoms with Gasteiger partial charge in [0.1, 0.15) is 5.75 Å². The second-order valence-corrected chi connectivity index (χ2v) is 7.28. The highest BCUT2D eigenvalue weighted by Crippen LogP contribution is 2.43. The molecule has 2 atom stereocenters. The van der Waals surface area contributed by atoms with Crippen LogP contribution in [0.2, 0.25) is 0 Å². The summed E-state index contributed by atoms with van der Waals surface area (Å²) in [6.45, 7) is 3.40. The van der Waals surface area contributed by atoms with Crippen LogP contribution < -0.4 is 15.4 Å². The molecule has 0 bridgehead atoms. The molecule has 0 spiro atoms. The molecule has 5 heteroatoms. The van der Waals surface area contributed by atoms with Crippen LogP contribution in [0.3, 0.4) is 0 Å². The van der Waals surface area contributed by atoms with Gasteiger partial charge in [0, 0.05) is 19.5 Å². The molecule has 4 rings (SSSR count). The number of amides is 1. The van der Waals surface area contributed by atoms with Crippen LogP contribution in [0.15, 0.2) is 18.2 Å². The molecule has 1 aliphatic carbocycles. The average Bonchev–Trinajstić information content (AvgIpc) is 3.21. The van der Waals surface area contributed by atoms with Crippen molar-refractivity contribution in [3.63, 3.8) is 0 Å². The number of hydrogen-bond acceptors (Lipinski definition) is 3. The molecule has 2 N–H and O–H groups in total. The fourth-order valence-electron chi connectivity index (χ4n) is 4.58. The molecule has 2 fully saturated rings. The Balaban J connectivity index is 0.00000169. The molecular formula is C19H27ClN2O2. The maximum Gasteiger partial charge on any atom is 0.227 e. The van der Waals surface area contributed by atoms with E-state index < -0.39 is 0 Å². The number of benzene rings is 1. The largest absolute Gasteiger partial charge is 0.493 e. The van der Waals surface area contributed by atoms with Crippen molar-refractivity contribution in [3.8, 4) is 5.75 Å². The molecule has 2 aliphatic heterocycles. The minimum atomic E-state index is -0.135. The first-order valence-corrected chi connectivity index (χ1v) is 9.02. The summed E-state index contributed by atoms with van der Waals surface area (Å²) in [6.07, 6.45) is 6.62. The summed E-state index contributed by atoms with van der Waals surface area (Å²) in [5.41, 5.74) is 2.46. The summed E-state index contributed by atoms with van der Waals surface area (Å²) in [5.74, 6) is 1.84. The lowest BCUT2D eigenvalue weighted by atomic mass is 9.67. The number of nitrogens with one attached hydrogen (secondary N) is 2. The average molecular weight is 351 g/mol. The molecule has 1 saturated heterocycles. The Bertz CT molecular complexity index is 607. The number of carbonyl (C=O) groups excluding carboxylic acids is 1. The van der Waals surface area contributed by atoms with E-state index in [0.29, 0.717) is 5.92 Å². The van der Waals surface area contributed by atoms with Crippen LogP contribution in [0, 0.1) is 11.3 Å². The van der Waals surface area contributed by atoms with Gasteiger partial charge in [0.25, 0.3) is 0 Å². The Labute approximate surface area is 150 Å². The van der Waals surface area contributed by atoms with Gasteiger partial charge in [0.05, 0.1) is 12.0 Å². The van der Waals surface area contributed by atoms with Gasteiger partial charge in [-0.25, -0.2) is 0 Å². The normalized spacial score (nSPS) is 27.6. The van der Waals surface area contributed by atoms with Crippen LogP contribution in [-0.2, 0) is 17.6 Å². The van der Waals surface area contributed by atoms with Gasteiger partial charge < -0.3 is 15.4 Å². The SMILES string of the molecule is Cl.O=C(NCCc1ccc2c(c1)CCO2)[C@@]12CCCC[C@H]1CNC2. The van der Waals surface area contributed by atoms with Crippen LogP contribution in [0.25, 0.3) is 0 Å². The number of rotatable bonds is 4. The predicted molar refractivity (Wildman–Crippen MR) is 96.9 cm³/mol. The van der Waals surface area contributed by atoms with E-state index in [9.17, 15) is 4.79 Å². The van der Waals surface area contributed by atoms with Crippen molar-refractivity contribution in [1.29, 1.82) is 0 Å². The van der Waals surface area contributed by atoms with E-state index in [2.05, 4.69) is 28.8 Å². The molecule has 0 unspecified atom stereocenters. The quantitative estimate of drug-likeness (QED) is 0.877. The standard InChI is InChI=1S/C19H26N2O2.ClH/c22-18(19-8-2-1-3-16(19)12-20-13-19)21-9-6-14-4-5-17-15(11-14)7-10-23-17;/h4-5,11,16,20H,1-3,6-10,12-13H2,(H,21,22);1H/t16-,19+;/m0./s1. The zero-order chi connectivity index (χ0) is 15.7. The minimum absolute atomic E-state index is 0. The molecule has 1 aromatic carbocycles. The van der Waals surface area contributed by atoms with Gasteiger partial charge in [-0.2, -0.15) is 0 Å². The van der Waals surface area contributed by atoms with Gasteiger partial charge in [-0.05, 0) is 48.9 Å². The summed E-state index contributed by atoms with van der Waals surface area (Å²) in [5, 5.41) is 6.67. The molecule has 3 aliphatic rings. The van der Waals surface area contributed by atoms with Crippen molar-refractivity contribution in [3.05, 3.63) is 29.3 Å². The summed E-state index contributed by atoms with van der Waals surface area (Å²) < 4.78 is 5.55. The van der Waals surface area contributed by atoms with Gasteiger partial charge in [0.2, 0.25) is 5.91 Å². The van der Waals surface area contributed by atoms with E-state index in [-0.39, 0.29) is 23.7 Å². The molecule has 1 amide bonds. The molecule has 1 saturated carbocycles. The number of hydrogen-bond donors (Lipinski definition) is 2. The lowest BCUT2D eigenvalue weighted by Crippen LogP contribution is -2.48. The molecule has 0 aromatic heterocycles. The van der Waals surface area contributed by atoms with E-state index >= 15 is 0 Å². The Kier molecular flexibility index (Phi) is 5.36. The third-order valence-corrected chi connectivity index (χ3v) is 5.94. The second kappa shape index (κ2) is 7.32. The van der Waals surface area contributed by atoms with Crippen molar-refractivity contribution >= 4 is 18.3 Å². The Morgan fingerprint density at radius 2 is 2.29 bits per heavy atom. The fraction of sp³-hybridized carbons (Fsp3) is 0.632. The zero-order valence-corrected chi connectivity index (χ0v) is 14.9. The van der Waals surface area contributed by atoms with Gasteiger partial charge >= 0.3 is 0 Å². The molecule has 24 heavy (non-hydrogen) atoms.